The Morgan fingerprint density at radius 2 is 2.00 bits per heavy atom. The van der Waals surface area contributed by atoms with Crippen LogP contribution in [0.15, 0.2) is 30.0 Å². The molecule has 0 saturated carbocycles. The Hall–Kier alpha value is -2.19. The zero-order valence-corrected chi connectivity index (χ0v) is 15.8. The first-order valence-corrected chi connectivity index (χ1v) is 8.23. The molecule has 1 aliphatic heterocycles. The maximum Gasteiger partial charge on any atom is 0.332 e. The van der Waals surface area contributed by atoms with Crippen molar-refractivity contribution in [3.63, 3.8) is 0 Å². The largest absolute Gasteiger partial charge is 0.466 e. The van der Waals surface area contributed by atoms with Crippen molar-refractivity contribution in [1.29, 1.82) is 0 Å². The number of carbonyl (C=O) groups excluding carboxylic acids is 2. The summed E-state index contributed by atoms with van der Waals surface area (Å²) in [5.41, 5.74) is 0.947. The van der Waals surface area contributed by atoms with Gasteiger partial charge in [0.1, 0.15) is 11.6 Å². The molecule has 1 aromatic carbocycles. The summed E-state index contributed by atoms with van der Waals surface area (Å²) < 4.78 is 31.4. The Balaban J connectivity index is 0.00000364. The van der Waals surface area contributed by atoms with Crippen LogP contribution in [0.5, 0.6) is 0 Å². The maximum atomic E-state index is 13.4. The van der Waals surface area contributed by atoms with E-state index in [1.54, 1.807) is 0 Å². The van der Waals surface area contributed by atoms with Crippen molar-refractivity contribution in [2.75, 3.05) is 7.11 Å². The smallest absolute Gasteiger partial charge is 0.332 e. The molecule has 1 fully saturated rings. The summed E-state index contributed by atoms with van der Waals surface area (Å²) in [7, 11) is 1.27. The van der Waals surface area contributed by atoms with E-state index in [9.17, 15) is 23.5 Å². The highest BCUT2D eigenvalue weighted by molar-refractivity contribution is 5.85. The van der Waals surface area contributed by atoms with E-state index in [-0.39, 0.29) is 24.7 Å². The third-order valence-electron chi connectivity index (χ3n) is 4.18. The molecule has 0 aliphatic carbocycles. The fourth-order valence-electron chi connectivity index (χ4n) is 3.05. The fraction of sp³-hybridized carbons (Fsp3) is 0.444. The Bertz CT molecular complexity index is 694. The van der Waals surface area contributed by atoms with Crippen LogP contribution in [0.25, 0.3) is 0 Å². The zero-order chi connectivity index (χ0) is 19.3. The number of esters is 1. The van der Waals surface area contributed by atoms with Crippen molar-refractivity contribution in [3.05, 3.63) is 47.2 Å². The second-order valence-corrected chi connectivity index (χ2v) is 6.26. The number of methoxy groups -OCH3 is 1. The van der Waals surface area contributed by atoms with Gasteiger partial charge in [-0.1, -0.05) is 0 Å². The van der Waals surface area contributed by atoms with E-state index in [1.165, 1.54) is 20.1 Å². The summed E-state index contributed by atoms with van der Waals surface area (Å²) in [4.78, 5) is 22.8. The van der Waals surface area contributed by atoms with Crippen LogP contribution in [0, 0.1) is 11.6 Å². The number of ether oxygens (including phenoxy) is 1. The van der Waals surface area contributed by atoms with Crippen LogP contribution < -0.4 is 10.6 Å². The average molecular weight is 405 g/mol. The number of carbonyl (C=O) groups is 2. The SMILES string of the molecule is COC(=O)/C=C1/CC[C@H]([C@@H](O)[C@H](Cc2cc(F)cc(F)c2)NC(C)=O)N1.Cl. The number of hydrogen-bond donors (Lipinski definition) is 3. The number of aliphatic hydroxyl groups excluding tert-OH is 1. The Morgan fingerprint density at radius 3 is 2.56 bits per heavy atom. The Morgan fingerprint density at radius 1 is 1.37 bits per heavy atom. The molecule has 1 aromatic rings. The van der Waals surface area contributed by atoms with Crippen LogP contribution >= 0.6 is 12.4 Å². The minimum absolute atomic E-state index is 0. The van der Waals surface area contributed by atoms with Gasteiger partial charge in [0.05, 0.1) is 25.3 Å². The van der Waals surface area contributed by atoms with Gasteiger partial charge in [0, 0.05) is 24.8 Å². The van der Waals surface area contributed by atoms with Crippen LogP contribution in [0.1, 0.15) is 25.3 Å². The summed E-state index contributed by atoms with van der Waals surface area (Å²) in [5.74, 6) is -2.32. The molecule has 6 nitrogen and oxygen atoms in total. The van der Waals surface area contributed by atoms with E-state index >= 15 is 0 Å². The Labute approximate surface area is 162 Å². The number of allylic oxidation sites excluding steroid dienone is 1. The lowest BCUT2D eigenvalue weighted by atomic mass is 9.95. The number of hydrogen-bond acceptors (Lipinski definition) is 5. The van der Waals surface area contributed by atoms with Crippen molar-refractivity contribution >= 4 is 24.3 Å². The highest BCUT2D eigenvalue weighted by atomic mass is 35.5. The molecule has 1 amide bonds. The first-order chi connectivity index (χ1) is 12.3. The van der Waals surface area contributed by atoms with Crippen LogP contribution in [0.2, 0.25) is 0 Å². The Kier molecular flexibility index (Phi) is 8.65. The molecule has 1 saturated heterocycles. The van der Waals surface area contributed by atoms with Gasteiger partial charge in [0.25, 0.3) is 0 Å². The minimum Gasteiger partial charge on any atom is -0.466 e. The van der Waals surface area contributed by atoms with Crippen molar-refractivity contribution in [2.24, 2.45) is 0 Å². The van der Waals surface area contributed by atoms with Gasteiger partial charge in [-0.05, 0) is 37.0 Å². The fourth-order valence-corrected chi connectivity index (χ4v) is 3.05. The first-order valence-electron chi connectivity index (χ1n) is 8.23. The molecule has 1 heterocycles. The van der Waals surface area contributed by atoms with Gasteiger partial charge < -0.3 is 20.5 Å². The lowest BCUT2D eigenvalue weighted by molar-refractivity contribution is -0.134. The molecule has 1 aliphatic rings. The summed E-state index contributed by atoms with van der Waals surface area (Å²) >= 11 is 0. The van der Waals surface area contributed by atoms with Crippen molar-refractivity contribution in [2.45, 2.75) is 44.4 Å². The monoisotopic (exact) mass is 404 g/mol. The van der Waals surface area contributed by atoms with Crippen molar-refractivity contribution in [3.8, 4) is 0 Å². The lowest BCUT2D eigenvalue weighted by Crippen LogP contribution is -2.51. The molecule has 150 valence electrons. The molecule has 3 atom stereocenters. The standard InChI is InChI=1S/C18H22F2N2O4.ClH/c1-10(23)21-16(7-11-5-12(19)8-13(20)6-11)18(25)15-4-3-14(22-15)9-17(24)26-2;/h5-6,8-9,15-16,18,22,25H,3-4,7H2,1-2H3,(H,21,23);1H/b14-9-;/t15-,16+,18-;/m1./s1. The lowest BCUT2D eigenvalue weighted by Gasteiger charge is -2.28. The number of halogens is 3. The molecule has 0 bridgehead atoms. The van der Waals surface area contributed by atoms with Crippen LogP contribution in [0.4, 0.5) is 8.78 Å². The number of amides is 1. The highest BCUT2D eigenvalue weighted by Gasteiger charge is 2.32. The van der Waals surface area contributed by atoms with Crippen LogP contribution in [0.3, 0.4) is 0 Å². The number of aliphatic hydroxyl groups is 1. The number of benzene rings is 1. The van der Waals surface area contributed by atoms with E-state index in [1.807, 2.05) is 0 Å². The van der Waals surface area contributed by atoms with Crippen molar-refractivity contribution in [1.82, 2.24) is 10.6 Å². The summed E-state index contributed by atoms with van der Waals surface area (Å²) in [6.45, 7) is 1.30. The second-order valence-electron chi connectivity index (χ2n) is 6.26. The zero-order valence-electron chi connectivity index (χ0n) is 15.0. The van der Waals surface area contributed by atoms with E-state index in [2.05, 4.69) is 15.4 Å². The van der Waals surface area contributed by atoms with Crippen LogP contribution in [-0.2, 0) is 20.7 Å². The summed E-state index contributed by atoms with van der Waals surface area (Å²) in [5, 5.41) is 16.3. The van der Waals surface area contributed by atoms with Gasteiger partial charge in [-0.3, -0.25) is 4.79 Å². The minimum atomic E-state index is -1.02. The predicted molar refractivity (Wildman–Crippen MR) is 97.2 cm³/mol. The van der Waals surface area contributed by atoms with E-state index in [4.69, 9.17) is 0 Å². The topological polar surface area (TPSA) is 87.7 Å². The molecular weight excluding hydrogens is 382 g/mol. The normalized spacial score (nSPS) is 19.6. The van der Waals surface area contributed by atoms with E-state index in [0.717, 1.165) is 18.2 Å². The van der Waals surface area contributed by atoms with Gasteiger partial charge in [-0.2, -0.15) is 0 Å². The van der Waals surface area contributed by atoms with Crippen molar-refractivity contribution < 1.29 is 28.2 Å². The summed E-state index contributed by atoms with van der Waals surface area (Å²) in [6, 6.07) is 1.92. The predicted octanol–water partition coefficient (Wildman–Crippen LogP) is 1.60. The molecular formula is C18H23ClF2N2O4. The third-order valence-corrected chi connectivity index (χ3v) is 4.18. The molecule has 2 rings (SSSR count). The molecule has 0 radical (unpaired) electrons. The van der Waals surface area contributed by atoms with Gasteiger partial charge in [0.15, 0.2) is 0 Å². The van der Waals surface area contributed by atoms with E-state index in [0.29, 0.717) is 24.1 Å². The quantitative estimate of drug-likeness (QED) is 0.495. The molecule has 0 spiro atoms. The van der Waals surface area contributed by atoms with Gasteiger partial charge in [-0.25, -0.2) is 13.6 Å². The third kappa shape index (κ3) is 6.80. The van der Waals surface area contributed by atoms with Gasteiger partial charge in [0.2, 0.25) is 5.91 Å². The maximum absolute atomic E-state index is 13.4. The molecule has 9 heteroatoms. The van der Waals surface area contributed by atoms with Gasteiger partial charge >= 0.3 is 5.97 Å². The summed E-state index contributed by atoms with van der Waals surface area (Å²) in [6.07, 6.45) is 1.43. The second kappa shape index (κ2) is 10.2. The number of nitrogens with one attached hydrogen (secondary N) is 2. The number of rotatable bonds is 6. The van der Waals surface area contributed by atoms with Crippen LogP contribution in [-0.4, -0.2) is 42.3 Å². The first kappa shape index (κ1) is 22.9. The van der Waals surface area contributed by atoms with E-state index < -0.39 is 35.8 Å². The van der Waals surface area contributed by atoms with Gasteiger partial charge in [-0.15, -0.1) is 12.4 Å². The molecule has 0 unspecified atom stereocenters. The highest BCUT2D eigenvalue weighted by Crippen LogP contribution is 2.21. The average Bonchev–Trinajstić information content (AvgIpc) is 3.00. The molecule has 3 N–H and O–H groups in total. The molecule has 0 aromatic heterocycles. The molecule has 27 heavy (non-hydrogen) atoms.